The van der Waals surface area contributed by atoms with Crippen molar-refractivity contribution < 1.29 is 14.2 Å². The summed E-state index contributed by atoms with van der Waals surface area (Å²) in [5.74, 6) is 0. The molecule has 1 aliphatic heterocycles. The first-order valence-corrected chi connectivity index (χ1v) is 6.85. The Labute approximate surface area is 107 Å². The van der Waals surface area contributed by atoms with Crippen molar-refractivity contribution in [2.45, 2.75) is 45.5 Å². The first-order chi connectivity index (χ1) is 8.03. The second-order valence-corrected chi connectivity index (χ2v) is 6.28. The molecule has 1 aromatic heterocycles. The number of rotatable bonds is 4. The zero-order chi connectivity index (χ0) is 12.3. The van der Waals surface area contributed by atoms with Gasteiger partial charge in [-0.3, -0.25) is 0 Å². The summed E-state index contributed by atoms with van der Waals surface area (Å²) in [6.07, 6.45) is 1.90. The van der Waals surface area contributed by atoms with E-state index in [-0.39, 0.29) is 11.9 Å². The summed E-state index contributed by atoms with van der Waals surface area (Å²) in [7, 11) is 0. The molecule has 0 spiro atoms. The van der Waals surface area contributed by atoms with Crippen molar-refractivity contribution in [1.82, 2.24) is 0 Å². The van der Waals surface area contributed by atoms with Gasteiger partial charge in [0.2, 0.25) is 0 Å². The molecule has 0 radical (unpaired) electrons. The van der Waals surface area contributed by atoms with Crippen LogP contribution in [0.25, 0.3) is 0 Å². The van der Waals surface area contributed by atoms with Crippen LogP contribution < -0.4 is 4.74 Å². The topological polar surface area (TPSA) is 27.7 Å². The molecule has 2 rings (SSSR count). The molecule has 0 saturated carbocycles. The zero-order valence-electron chi connectivity index (χ0n) is 10.7. The fraction of sp³-hybridized carbons (Fsp3) is 0.692. The molecule has 3 nitrogen and oxygen atoms in total. The molecule has 0 atom stereocenters. The fourth-order valence-corrected chi connectivity index (χ4v) is 2.73. The highest BCUT2D eigenvalue weighted by molar-refractivity contribution is 7.13. The van der Waals surface area contributed by atoms with Crippen LogP contribution in [0.4, 0.5) is 0 Å². The number of thiophene rings is 1. The Morgan fingerprint density at radius 1 is 1.29 bits per heavy atom. The van der Waals surface area contributed by atoms with Crippen LogP contribution in [0.2, 0.25) is 0 Å². The lowest BCUT2D eigenvalue weighted by Crippen LogP contribution is -2.22. The average Bonchev–Trinajstić information content (AvgIpc) is 2.82. The lowest BCUT2D eigenvalue weighted by atomic mass is 10.2. The summed E-state index contributed by atoms with van der Waals surface area (Å²) in [6.45, 7) is 7.65. The molecule has 1 saturated heterocycles. The van der Waals surface area contributed by atoms with Crippen LogP contribution >= 0.6 is 11.3 Å². The maximum absolute atomic E-state index is 5.81. The van der Waals surface area contributed by atoms with Crippen molar-refractivity contribution in [3.8, 4) is 5.06 Å². The van der Waals surface area contributed by atoms with E-state index in [1.54, 1.807) is 11.3 Å². The van der Waals surface area contributed by atoms with Crippen LogP contribution in [0, 0.1) is 0 Å². The highest BCUT2D eigenvalue weighted by atomic mass is 32.1. The Balaban J connectivity index is 1.81. The minimum absolute atomic E-state index is 0.0101. The number of ether oxygens (including phenoxy) is 3. The summed E-state index contributed by atoms with van der Waals surface area (Å²) in [5.41, 5.74) is -0.125. The van der Waals surface area contributed by atoms with E-state index in [4.69, 9.17) is 14.2 Å². The van der Waals surface area contributed by atoms with Crippen molar-refractivity contribution >= 4 is 11.3 Å². The Hall–Kier alpha value is -0.580. The van der Waals surface area contributed by atoms with Gasteiger partial charge in [0, 0.05) is 11.3 Å². The summed E-state index contributed by atoms with van der Waals surface area (Å²) < 4.78 is 16.6. The molecule has 2 heterocycles. The predicted octanol–water partition coefficient (Wildman–Crippen LogP) is 3.23. The van der Waals surface area contributed by atoms with Crippen LogP contribution in [-0.2, 0) is 15.9 Å². The van der Waals surface area contributed by atoms with Gasteiger partial charge in [-0.2, -0.15) is 0 Å². The van der Waals surface area contributed by atoms with Crippen molar-refractivity contribution in [1.29, 1.82) is 0 Å². The van der Waals surface area contributed by atoms with Crippen LogP contribution in [0.1, 0.15) is 32.1 Å². The quantitative estimate of drug-likeness (QED) is 0.827. The average molecular weight is 256 g/mol. The lowest BCUT2D eigenvalue weighted by Gasteiger charge is -2.19. The Bertz CT molecular complexity index is 348. The van der Waals surface area contributed by atoms with Gasteiger partial charge in [0.1, 0.15) is 5.60 Å². The third kappa shape index (κ3) is 4.30. The van der Waals surface area contributed by atoms with Gasteiger partial charge in [-0.15, -0.1) is 11.3 Å². The summed E-state index contributed by atoms with van der Waals surface area (Å²) >= 11 is 1.71. The van der Waals surface area contributed by atoms with Crippen LogP contribution in [-0.4, -0.2) is 25.1 Å². The molecule has 17 heavy (non-hydrogen) atoms. The predicted molar refractivity (Wildman–Crippen MR) is 68.7 cm³/mol. The molecule has 1 fully saturated rings. The molecule has 0 bridgehead atoms. The molecule has 96 valence electrons. The van der Waals surface area contributed by atoms with Gasteiger partial charge in [0.05, 0.1) is 13.2 Å². The smallest absolute Gasteiger partial charge is 0.174 e. The van der Waals surface area contributed by atoms with Gasteiger partial charge in [0.25, 0.3) is 0 Å². The SMILES string of the molecule is CC(C)(C)Oc1ccc(CCC2OCCO2)s1. The van der Waals surface area contributed by atoms with Crippen molar-refractivity contribution in [3.63, 3.8) is 0 Å². The van der Waals surface area contributed by atoms with Crippen LogP contribution in [0.5, 0.6) is 5.06 Å². The molecule has 0 aromatic carbocycles. The second-order valence-electron chi connectivity index (χ2n) is 5.14. The number of hydrogen-bond donors (Lipinski definition) is 0. The maximum Gasteiger partial charge on any atom is 0.174 e. The molecule has 1 aliphatic rings. The third-order valence-electron chi connectivity index (χ3n) is 2.36. The van der Waals surface area contributed by atoms with Crippen molar-refractivity contribution in [3.05, 3.63) is 17.0 Å². The molecular formula is C13H20O3S. The first kappa shape index (κ1) is 12.9. The normalized spacial score (nSPS) is 17.6. The fourth-order valence-electron chi connectivity index (χ4n) is 1.68. The largest absolute Gasteiger partial charge is 0.479 e. The van der Waals surface area contributed by atoms with E-state index in [0.29, 0.717) is 0 Å². The Morgan fingerprint density at radius 2 is 2.00 bits per heavy atom. The molecule has 0 amide bonds. The van der Waals surface area contributed by atoms with E-state index in [2.05, 4.69) is 26.8 Å². The lowest BCUT2D eigenvalue weighted by molar-refractivity contribution is -0.0460. The van der Waals surface area contributed by atoms with E-state index < -0.39 is 0 Å². The zero-order valence-corrected chi connectivity index (χ0v) is 11.5. The van der Waals surface area contributed by atoms with E-state index in [1.165, 1.54) is 4.88 Å². The van der Waals surface area contributed by atoms with Gasteiger partial charge in [0.15, 0.2) is 11.4 Å². The summed E-state index contributed by atoms with van der Waals surface area (Å²) in [5, 5.41) is 0.987. The molecule has 0 aliphatic carbocycles. The van der Waals surface area contributed by atoms with Gasteiger partial charge in [-0.25, -0.2) is 0 Å². The first-order valence-electron chi connectivity index (χ1n) is 6.04. The van der Waals surface area contributed by atoms with E-state index in [9.17, 15) is 0 Å². The highest BCUT2D eigenvalue weighted by Gasteiger charge is 2.17. The van der Waals surface area contributed by atoms with E-state index >= 15 is 0 Å². The molecular weight excluding hydrogens is 236 g/mol. The molecule has 4 heteroatoms. The third-order valence-corrected chi connectivity index (χ3v) is 3.38. The van der Waals surface area contributed by atoms with Gasteiger partial charge in [-0.1, -0.05) is 0 Å². The van der Waals surface area contributed by atoms with E-state index in [1.807, 2.05) is 6.07 Å². The van der Waals surface area contributed by atoms with Crippen LogP contribution in [0.3, 0.4) is 0 Å². The van der Waals surface area contributed by atoms with Crippen LogP contribution in [0.15, 0.2) is 12.1 Å². The van der Waals surface area contributed by atoms with Crippen molar-refractivity contribution in [2.75, 3.05) is 13.2 Å². The van der Waals surface area contributed by atoms with Gasteiger partial charge >= 0.3 is 0 Å². The number of aryl methyl sites for hydroxylation is 1. The van der Waals surface area contributed by atoms with Crippen molar-refractivity contribution in [2.24, 2.45) is 0 Å². The molecule has 0 N–H and O–H groups in total. The Kier molecular flexibility index (Phi) is 4.07. The second kappa shape index (κ2) is 5.38. The minimum atomic E-state index is -0.125. The summed E-state index contributed by atoms with van der Waals surface area (Å²) in [4.78, 5) is 1.32. The molecule has 0 unspecified atom stereocenters. The minimum Gasteiger partial charge on any atom is -0.479 e. The maximum atomic E-state index is 5.81. The summed E-state index contributed by atoms with van der Waals surface area (Å²) in [6, 6.07) is 4.17. The van der Waals surface area contributed by atoms with E-state index in [0.717, 1.165) is 31.1 Å². The standard InChI is InChI=1S/C13H20O3S/c1-13(2,3)16-12-7-5-10(17-12)4-6-11-14-8-9-15-11/h5,7,11H,4,6,8-9H2,1-3H3. The molecule has 1 aromatic rings. The highest BCUT2D eigenvalue weighted by Crippen LogP contribution is 2.29. The Morgan fingerprint density at radius 3 is 2.65 bits per heavy atom. The monoisotopic (exact) mass is 256 g/mol. The van der Waals surface area contributed by atoms with Gasteiger partial charge < -0.3 is 14.2 Å². The number of hydrogen-bond acceptors (Lipinski definition) is 4. The van der Waals surface area contributed by atoms with Gasteiger partial charge in [-0.05, 0) is 39.3 Å².